The third kappa shape index (κ3) is 5.72. The first kappa shape index (κ1) is 37.6. The number of nitrogens with zero attached hydrogens (tertiary/aromatic N) is 1. The summed E-state index contributed by atoms with van der Waals surface area (Å²) in [6, 6.07) is 7.33. The van der Waals surface area contributed by atoms with E-state index in [4.69, 9.17) is 16.3 Å². The molecule has 0 aliphatic heterocycles. The molecule has 0 saturated heterocycles. The predicted molar refractivity (Wildman–Crippen MR) is 199 cm³/mol. The monoisotopic (exact) mass is 707 g/mol. The van der Waals surface area contributed by atoms with Gasteiger partial charge in [-0.1, -0.05) is 72.2 Å². The molecular formula is C43H62ClNO5. The van der Waals surface area contributed by atoms with Crippen LogP contribution in [0.4, 0.5) is 4.79 Å². The molecule has 0 bridgehead atoms. The van der Waals surface area contributed by atoms with Crippen molar-refractivity contribution >= 4 is 29.3 Å². The highest BCUT2D eigenvalue weighted by molar-refractivity contribution is 6.30. The zero-order chi connectivity index (χ0) is 36.8. The lowest BCUT2D eigenvalue weighted by Gasteiger charge is -2.72. The number of benzene rings is 1. The van der Waals surface area contributed by atoms with Crippen LogP contribution in [-0.4, -0.2) is 45.9 Å². The number of fused-ring (bicyclic) bond motifs is 7. The lowest BCUT2D eigenvalue weighted by atomic mass is 9.33. The summed E-state index contributed by atoms with van der Waals surface area (Å²) < 4.78 is 5.84. The second-order valence-corrected chi connectivity index (χ2v) is 20.0. The number of halogens is 1. The number of carbonyl (C=O) groups excluding carboxylic acids is 3. The van der Waals surface area contributed by atoms with Gasteiger partial charge in [-0.15, -0.1) is 0 Å². The van der Waals surface area contributed by atoms with Crippen LogP contribution in [0.15, 0.2) is 35.4 Å². The normalized spacial score (nSPS) is 37.8. The number of aliphatic hydroxyl groups excluding tert-OH is 1. The van der Waals surface area contributed by atoms with Crippen LogP contribution in [-0.2, 0) is 20.9 Å². The van der Waals surface area contributed by atoms with Crippen LogP contribution in [0.5, 0.6) is 0 Å². The van der Waals surface area contributed by atoms with Crippen molar-refractivity contribution < 1.29 is 24.2 Å². The van der Waals surface area contributed by atoms with Crippen LogP contribution in [0.25, 0.3) is 0 Å². The third-order valence-corrected chi connectivity index (χ3v) is 15.5. The van der Waals surface area contributed by atoms with E-state index in [9.17, 15) is 14.7 Å². The van der Waals surface area contributed by atoms with Gasteiger partial charge in [0.15, 0.2) is 11.6 Å². The van der Waals surface area contributed by atoms with Crippen molar-refractivity contribution in [1.82, 2.24) is 4.90 Å². The van der Waals surface area contributed by atoms with Gasteiger partial charge in [0.25, 0.3) is 0 Å². The van der Waals surface area contributed by atoms with Crippen LogP contribution < -0.4 is 0 Å². The Morgan fingerprint density at radius 2 is 1.58 bits per heavy atom. The largest absolute Gasteiger partial charge is 0.444 e. The van der Waals surface area contributed by atoms with E-state index in [0.29, 0.717) is 23.3 Å². The third-order valence-electron chi connectivity index (χ3n) is 15.2. The number of rotatable bonds is 6. The van der Waals surface area contributed by atoms with Gasteiger partial charge in [0, 0.05) is 18.0 Å². The minimum atomic E-state index is -0.900. The fourth-order valence-corrected chi connectivity index (χ4v) is 12.7. The smallest absolute Gasteiger partial charge is 0.410 e. The summed E-state index contributed by atoms with van der Waals surface area (Å²) in [5.74, 6) is 1.22. The molecule has 6 rings (SSSR count). The Morgan fingerprint density at radius 3 is 2.20 bits per heavy atom. The Morgan fingerprint density at radius 1 is 0.920 bits per heavy atom. The maximum atomic E-state index is 15.0. The highest BCUT2D eigenvalue weighted by atomic mass is 35.5. The Hall–Kier alpha value is -2.18. The number of amides is 1. The quantitative estimate of drug-likeness (QED) is 0.318. The molecule has 5 aliphatic rings. The summed E-state index contributed by atoms with van der Waals surface area (Å²) in [4.78, 5) is 44.4. The lowest BCUT2D eigenvalue weighted by molar-refractivity contribution is -0.228. The fourth-order valence-electron chi connectivity index (χ4n) is 12.6. The van der Waals surface area contributed by atoms with Gasteiger partial charge < -0.3 is 9.84 Å². The Bertz CT molecular complexity index is 1570. The number of hydrogen-bond acceptors (Lipinski definition) is 5. The molecule has 1 amide bonds. The summed E-state index contributed by atoms with van der Waals surface area (Å²) in [5, 5.41) is 11.7. The molecular weight excluding hydrogens is 646 g/mol. The molecule has 5 aliphatic carbocycles. The van der Waals surface area contributed by atoms with Crippen molar-refractivity contribution in [3.05, 3.63) is 46.0 Å². The van der Waals surface area contributed by atoms with Gasteiger partial charge in [0.1, 0.15) is 5.60 Å². The highest BCUT2D eigenvalue weighted by Crippen LogP contribution is 2.76. The fraction of sp³-hybridized carbons (Fsp3) is 0.744. The van der Waals surface area contributed by atoms with Crippen LogP contribution >= 0.6 is 11.6 Å². The van der Waals surface area contributed by atoms with Gasteiger partial charge in [-0.2, -0.15) is 0 Å². The first-order valence-corrected chi connectivity index (χ1v) is 19.7. The first-order valence-electron chi connectivity index (χ1n) is 19.3. The van der Waals surface area contributed by atoms with Crippen LogP contribution in [0.2, 0.25) is 5.02 Å². The summed E-state index contributed by atoms with van der Waals surface area (Å²) in [6.07, 6.45) is 7.08. The SMILES string of the molecule is CC(C)C1=C2[C@H]3CC[C@@H]4[C@@]5(C)CC[C@H](O)C(C)(C)[C@@H]5CC[C@@]4(C)[C@]3(C)CC[C@@]2(C(=O)CN(Cc2ccc(Cl)cc2)C(=O)OC(C)(C)C)CC1=O. The number of aliphatic hydroxyl groups is 1. The Kier molecular flexibility index (Phi) is 9.36. The number of hydrogen-bond donors (Lipinski definition) is 1. The number of ether oxygens (including phenoxy) is 1. The average molecular weight is 708 g/mol. The van der Waals surface area contributed by atoms with Gasteiger partial charge in [-0.25, -0.2) is 4.79 Å². The molecule has 4 fully saturated rings. The van der Waals surface area contributed by atoms with Crippen LogP contribution in [0, 0.1) is 50.7 Å². The summed E-state index contributed by atoms with van der Waals surface area (Å²) >= 11 is 6.17. The Balaban J connectivity index is 1.37. The summed E-state index contributed by atoms with van der Waals surface area (Å²) in [5.41, 5.74) is 1.23. The van der Waals surface area contributed by atoms with Gasteiger partial charge in [-0.05, 0) is 146 Å². The number of Topliss-reactive ketones (excluding diaryl/α,β-unsaturated/α-hetero) is 2. The van der Waals surface area contributed by atoms with E-state index in [0.717, 1.165) is 61.7 Å². The van der Waals surface area contributed by atoms with E-state index in [1.165, 1.54) is 4.90 Å². The average Bonchev–Trinajstić information content (AvgIpc) is 3.33. The molecule has 6 nitrogen and oxygen atoms in total. The van der Waals surface area contributed by atoms with Crippen molar-refractivity contribution in [2.45, 2.75) is 145 Å². The van der Waals surface area contributed by atoms with Crippen molar-refractivity contribution in [2.75, 3.05) is 6.54 Å². The molecule has 0 aromatic heterocycles. The zero-order valence-corrected chi connectivity index (χ0v) is 33.1. The molecule has 0 spiro atoms. The van der Waals surface area contributed by atoms with E-state index in [1.807, 2.05) is 32.9 Å². The summed E-state index contributed by atoms with van der Waals surface area (Å²) in [7, 11) is 0. The predicted octanol–water partition coefficient (Wildman–Crippen LogP) is 9.99. The molecule has 0 unspecified atom stereocenters. The Labute approximate surface area is 306 Å². The second kappa shape index (κ2) is 12.5. The molecule has 1 N–H and O–H groups in total. The molecule has 7 heteroatoms. The maximum Gasteiger partial charge on any atom is 0.410 e. The van der Waals surface area contributed by atoms with Crippen molar-refractivity contribution in [3.63, 3.8) is 0 Å². The van der Waals surface area contributed by atoms with Crippen molar-refractivity contribution in [1.29, 1.82) is 0 Å². The standard InChI is InChI=1S/C43H62ClNO5/c1-26(2)35-30(46)23-43(34(48)25-45(37(49)50-38(3,4)5)24-27-11-13-28(44)14-12-27)22-21-41(9)29(36(35)43)15-16-32-40(8)19-18-33(47)39(6,7)31(40)17-20-42(32,41)10/h11-14,26,29,31-33,47H,15-25H2,1-10H3/t29-,31+,32-,33+,40+,41-,42-,43+/m1/s1. The van der Waals surface area contributed by atoms with Crippen molar-refractivity contribution in [3.8, 4) is 0 Å². The molecule has 8 atom stereocenters. The highest BCUT2D eigenvalue weighted by Gasteiger charge is 2.70. The first-order chi connectivity index (χ1) is 23.1. The van der Waals surface area contributed by atoms with Crippen LogP contribution in [0.3, 0.4) is 0 Å². The molecule has 50 heavy (non-hydrogen) atoms. The van der Waals surface area contributed by atoms with Crippen molar-refractivity contribution in [2.24, 2.45) is 50.7 Å². The molecule has 1 aromatic carbocycles. The van der Waals surface area contributed by atoms with E-state index in [-0.39, 0.29) is 70.7 Å². The second-order valence-electron chi connectivity index (χ2n) is 19.5. The minimum absolute atomic E-state index is 0.0185. The number of allylic oxidation sites excluding steroid dienone is 2. The molecule has 276 valence electrons. The van der Waals surface area contributed by atoms with Gasteiger partial charge in [0.05, 0.1) is 18.1 Å². The van der Waals surface area contributed by atoms with E-state index < -0.39 is 17.1 Å². The van der Waals surface area contributed by atoms with Gasteiger partial charge in [-0.3, -0.25) is 14.5 Å². The number of ketones is 2. The van der Waals surface area contributed by atoms with Crippen LogP contribution in [0.1, 0.15) is 133 Å². The molecule has 1 aromatic rings. The van der Waals surface area contributed by atoms with Gasteiger partial charge >= 0.3 is 6.09 Å². The zero-order valence-electron chi connectivity index (χ0n) is 32.4. The minimum Gasteiger partial charge on any atom is -0.444 e. The maximum absolute atomic E-state index is 15.0. The number of carbonyl (C=O) groups is 3. The van der Waals surface area contributed by atoms with E-state index in [1.54, 1.807) is 12.1 Å². The topological polar surface area (TPSA) is 83.9 Å². The molecule has 4 saturated carbocycles. The van der Waals surface area contributed by atoms with E-state index >= 15 is 4.79 Å². The summed E-state index contributed by atoms with van der Waals surface area (Å²) in [6.45, 7) is 21.9. The molecule has 0 radical (unpaired) electrons. The van der Waals surface area contributed by atoms with Gasteiger partial charge in [0.2, 0.25) is 0 Å². The van der Waals surface area contributed by atoms with E-state index in [2.05, 4.69) is 48.5 Å². The molecule has 0 heterocycles. The lowest BCUT2D eigenvalue weighted by Crippen LogP contribution is -2.66.